The number of hydrogen-bond acceptors (Lipinski definition) is 4. The molecule has 2 rings (SSSR count). The van der Waals surface area contributed by atoms with Crippen LogP contribution in [0.25, 0.3) is 0 Å². The van der Waals surface area contributed by atoms with Crippen LogP contribution in [0.1, 0.15) is 6.42 Å². The lowest BCUT2D eigenvalue weighted by atomic mass is 9.95. The summed E-state index contributed by atoms with van der Waals surface area (Å²) in [6, 6.07) is 0. The van der Waals surface area contributed by atoms with E-state index in [1.165, 1.54) is 17.9 Å². The molecule has 0 radical (unpaired) electrons. The molecule has 2 aliphatic heterocycles. The van der Waals surface area contributed by atoms with Gasteiger partial charge < -0.3 is 15.4 Å². The molecule has 0 amide bonds. The van der Waals surface area contributed by atoms with Crippen molar-refractivity contribution < 1.29 is 4.74 Å². The summed E-state index contributed by atoms with van der Waals surface area (Å²) >= 11 is 2.04. The van der Waals surface area contributed by atoms with Gasteiger partial charge in [0.1, 0.15) is 0 Å². The lowest BCUT2D eigenvalue weighted by Crippen LogP contribution is -2.60. The molecule has 0 aliphatic carbocycles. The van der Waals surface area contributed by atoms with Gasteiger partial charge in [0.05, 0.1) is 19.8 Å². The van der Waals surface area contributed by atoms with Crippen LogP contribution in [0.15, 0.2) is 4.99 Å². The van der Waals surface area contributed by atoms with Gasteiger partial charge in [-0.2, -0.15) is 11.8 Å². The summed E-state index contributed by atoms with van der Waals surface area (Å²) < 4.78 is 5.48. The van der Waals surface area contributed by atoms with Crippen LogP contribution in [0.5, 0.6) is 0 Å². The van der Waals surface area contributed by atoms with Crippen molar-refractivity contribution in [2.45, 2.75) is 12.0 Å². The highest BCUT2D eigenvalue weighted by Gasteiger charge is 2.40. The van der Waals surface area contributed by atoms with Crippen LogP contribution in [0, 0.1) is 12.3 Å². The Bertz CT molecular complexity index is 374. The molecule has 120 valence electrons. The monoisotopic (exact) mass is 424 g/mol. The third-order valence-electron chi connectivity index (χ3n) is 3.93. The highest BCUT2D eigenvalue weighted by Crippen LogP contribution is 2.33. The van der Waals surface area contributed by atoms with Gasteiger partial charge in [-0.25, -0.2) is 0 Å². The largest absolute Gasteiger partial charge is 0.379 e. The van der Waals surface area contributed by atoms with E-state index in [0.29, 0.717) is 6.54 Å². The van der Waals surface area contributed by atoms with E-state index in [-0.39, 0.29) is 29.5 Å². The van der Waals surface area contributed by atoms with E-state index in [0.717, 1.165) is 38.8 Å². The van der Waals surface area contributed by atoms with Crippen molar-refractivity contribution >= 4 is 41.7 Å². The van der Waals surface area contributed by atoms with Gasteiger partial charge >= 0.3 is 0 Å². The molecule has 2 saturated heterocycles. The van der Waals surface area contributed by atoms with Gasteiger partial charge in [-0.3, -0.25) is 9.89 Å². The van der Waals surface area contributed by atoms with E-state index in [1.54, 1.807) is 7.05 Å². The molecule has 0 aromatic rings. The number of terminal acetylenes is 1. The zero-order valence-corrected chi connectivity index (χ0v) is 15.7. The van der Waals surface area contributed by atoms with Crippen LogP contribution in [-0.4, -0.2) is 74.3 Å². The minimum Gasteiger partial charge on any atom is -0.379 e. The average Bonchev–Trinajstić information content (AvgIpc) is 2.98. The first-order valence-corrected chi connectivity index (χ1v) is 8.25. The van der Waals surface area contributed by atoms with Crippen molar-refractivity contribution in [3.63, 3.8) is 0 Å². The zero-order valence-electron chi connectivity index (χ0n) is 12.6. The van der Waals surface area contributed by atoms with Crippen molar-refractivity contribution in [2.24, 2.45) is 4.99 Å². The fourth-order valence-electron chi connectivity index (χ4n) is 2.74. The molecule has 0 saturated carbocycles. The van der Waals surface area contributed by atoms with Gasteiger partial charge in [0.25, 0.3) is 0 Å². The van der Waals surface area contributed by atoms with Gasteiger partial charge in [0.2, 0.25) is 0 Å². The Balaban J connectivity index is 0.00000220. The average molecular weight is 424 g/mol. The lowest BCUT2D eigenvalue weighted by Gasteiger charge is -2.43. The van der Waals surface area contributed by atoms with Crippen LogP contribution in [0.3, 0.4) is 0 Å². The lowest BCUT2D eigenvalue weighted by molar-refractivity contribution is -0.0120. The van der Waals surface area contributed by atoms with E-state index >= 15 is 0 Å². The number of guanidine groups is 1. The second-order valence-electron chi connectivity index (χ2n) is 5.11. The van der Waals surface area contributed by atoms with Gasteiger partial charge in [0, 0.05) is 38.0 Å². The minimum atomic E-state index is 0. The molecule has 1 atom stereocenters. The van der Waals surface area contributed by atoms with Crippen molar-refractivity contribution in [1.29, 1.82) is 0 Å². The number of thioether (sulfide) groups is 1. The van der Waals surface area contributed by atoms with Crippen molar-refractivity contribution in [3.8, 4) is 12.3 Å². The van der Waals surface area contributed by atoms with Crippen LogP contribution >= 0.6 is 35.7 Å². The van der Waals surface area contributed by atoms with Crippen molar-refractivity contribution in [3.05, 3.63) is 0 Å². The third-order valence-corrected chi connectivity index (χ3v) is 5.17. The van der Waals surface area contributed by atoms with Gasteiger partial charge in [-0.05, 0) is 12.2 Å². The summed E-state index contributed by atoms with van der Waals surface area (Å²) in [5, 5.41) is 6.55. The highest BCUT2D eigenvalue weighted by atomic mass is 127. The van der Waals surface area contributed by atoms with Gasteiger partial charge in [-0.1, -0.05) is 5.92 Å². The number of ether oxygens (including phenoxy) is 1. The maximum atomic E-state index is 5.48. The molecule has 7 heteroatoms. The number of aliphatic imine (C=N–C) groups is 1. The number of hydrogen-bond donors (Lipinski definition) is 2. The molecular formula is C14H25IN4OS. The molecule has 2 aliphatic rings. The van der Waals surface area contributed by atoms with Crippen molar-refractivity contribution in [1.82, 2.24) is 15.5 Å². The Labute approximate surface area is 149 Å². The summed E-state index contributed by atoms with van der Waals surface area (Å²) in [7, 11) is 1.77. The van der Waals surface area contributed by atoms with Crippen LogP contribution < -0.4 is 10.6 Å². The fraction of sp³-hybridized carbons (Fsp3) is 0.786. The minimum absolute atomic E-state index is 0. The quantitative estimate of drug-likeness (QED) is 0.300. The Morgan fingerprint density at radius 1 is 1.43 bits per heavy atom. The first-order valence-electron chi connectivity index (χ1n) is 7.09. The predicted octanol–water partition coefficient (Wildman–Crippen LogP) is 0.610. The van der Waals surface area contributed by atoms with Crippen LogP contribution in [0.2, 0.25) is 0 Å². The zero-order chi connectivity index (χ0) is 14.3. The summed E-state index contributed by atoms with van der Waals surface area (Å²) in [5.74, 6) is 5.76. The molecular weight excluding hydrogens is 399 g/mol. The fourth-order valence-corrected chi connectivity index (χ4v) is 4.22. The number of halogens is 1. The Morgan fingerprint density at radius 3 is 2.76 bits per heavy atom. The predicted molar refractivity (Wildman–Crippen MR) is 101 cm³/mol. The topological polar surface area (TPSA) is 48.9 Å². The van der Waals surface area contributed by atoms with Gasteiger partial charge in [0.15, 0.2) is 5.96 Å². The smallest absolute Gasteiger partial charge is 0.191 e. The first-order chi connectivity index (χ1) is 9.80. The Morgan fingerprint density at radius 2 is 2.19 bits per heavy atom. The molecule has 0 aromatic carbocycles. The van der Waals surface area contributed by atoms with Crippen molar-refractivity contribution in [2.75, 3.05) is 57.9 Å². The SMILES string of the molecule is C#CCNC(=NC)NCC1(N2CCOCC2)CCSC1.I. The van der Waals surface area contributed by atoms with E-state index in [1.807, 2.05) is 11.8 Å². The normalized spacial score (nSPS) is 26.8. The van der Waals surface area contributed by atoms with Gasteiger partial charge in [-0.15, -0.1) is 30.4 Å². The summed E-state index contributed by atoms with van der Waals surface area (Å²) in [6.07, 6.45) is 6.49. The summed E-state index contributed by atoms with van der Waals surface area (Å²) in [6.45, 7) is 5.15. The molecule has 5 nitrogen and oxygen atoms in total. The molecule has 21 heavy (non-hydrogen) atoms. The maximum Gasteiger partial charge on any atom is 0.191 e. The van der Waals surface area contributed by atoms with Crippen LogP contribution in [0.4, 0.5) is 0 Å². The van der Waals surface area contributed by atoms with E-state index in [2.05, 4.69) is 26.4 Å². The second-order valence-corrected chi connectivity index (χ2v) is 6.21. The number of nitrogens with zero attached hydrogens (tertiary/aromatic N) is 2. The second kappa shape index (κ2) is 9.77. The maximum absolute atomic E-state index is 5.48. The number of morpholine rings is 1. The summed E-state index contributed by atoms with van der Waals surface area (Å²) in [5.41, 5.74) is 0.224. The standard InChI is InChI=1S/C14H24N4OS.HI/c1-3-5-16-13(15-2)17-11-14(4-10-20-12-14)18-6-8-19-9-7-18;/h1H,4-12H2,2H3,(H2,15,16,17);1H. The third kappa shape index (κ3) is 5.20. The van der Waals surface area contributed by atoms with Crippen LogP contribution in [-0.2, 0) is 4.74 Å². The van der Waals surface area contributed by atoms with E-state index in [4.69, 9.17) is 11.2 Å². The van der Waals surface area contributed by atoms with E-state index in [9.17, 15) is 0 Å². The molecule has 2 fully saturated rings. The molecule has 0 spiro atoms. The molecule has 0 aromatic heterocycles. The highest BCUT2D eigenvalue weighted by molar-refractivity contribution is 14.0. The molecule has 1 unspecified atom stereocenters. The molecule has 0 bridgehead atoms. The Kier molecular flexibility index (Phi) is 8.78. The molecule has 2 heterocycles. The van der Waals surface area contributed by atoms with E-state index < -0.39 is 0 Å². The Hall–Kier alpha value is -0.170. The number of nitrogens with one attached hydrogen (secondary N) is 2. The first kappa shape index (κ1) is 18.9. The molecule has 2 N–H and O–H groups in total. The number of rotatable bonds is 4. The summed E-state index contributed by atoms with van der Waals surface area (Å²) in [4.78, 5) is 6.79.